The molecule has 0 aromatic heterocycles. The fourth-order valence-electron chi connectivity index (χ4n) is 2.52. The summed E-state index contributed by atoms with van der Waals surface area (Å²) in [5.41, 5.74) is 2.70. The van der Waals surface area contributed by atoms with Crippen molar-refractivity contribution in [1.29, 1.82) is 0 Å². The number of carboxylic acid groups (broad SMARTS) is 1. The Morgan fingerprint density at radius 1 is 1.43 bits per heavy atom. The minimum absolute atomic E-state index is 0.106. The second-order valence-corrected chi connectivity index (χ2v) is 5.58. The summed E-state index contributed by atoms with van der Waals surface area (Å²) in [5, 5.41) is 15.2. The molecule has 0 radical (unpaired) electrons. The number of carbonyl (C=O) groups excluding carboxylic acids is 1. The van der Waals surface area contributed by atoms with Crippen LogP contribution in [0.1, 0.15) is 42.6 Å². The van der Waals surface area contributed by atoms with E-state index in [2.05, 4.69) is 10.6 Å². The molecule has 21 heavy (non-hydrogen) atoms. The Morgan fingerprint density at radius 2 is 2.19 bits per heavy atom. The number of nitrogens with one attached hydrogen (secondary N) is 2. The van der Waals surface area contributed by atoms with Crippen LogP contribution in [-0.4, -0.2) is 29.6 Å². The molecule has 5 heteroatoms. The van der Waals surface area contributed by atoms with Crippen molar-refractivity contribution in [1.82, 2.24) is 5.32 Å². The van der Waals surface area contributed by atoms with E-state index in [0.29, 0.717) is 12.0 Å². The van der Waals surface area contributed by atoms with Crippen LogP contribution in [0.3, 0.4) is 0 Å². The molecule has 1 unspecified atom stereocenters. The van der Waals surface area contributed by atoms with Gasteiger partial charge in [0.15, 0.2) is 0 Å². The molecule has 0 saturated heterocycles. The first kappa shape index (κ1) is 15.4. The zero-order valence-electron chi connectivity index (χ0n) is 12.5. The SMILES string of the molecule is CCC(C)[C@H](NC(=O)c1ccc2c(c1)CCCN2)C(=O)O. The highest BCUT2D eigenvalue weighted by Gasteiger charge is 2.26. The molecule has 1 aromatic rings. The minimum atomic E-state index is -0.989. The number of aliphatic carboxylic acids is 1. The maximum absolute atomic E-state index is 12.3. The number of hydrogen-bond acceptors (Lipinski definition) is 3. The molecule has 1 aliphatic rings. The van der Waals surface area contributed by atoms with E-state index in [1.54, 1.807) is 6.07 Å². The summed E-state index contributed by atoms with van der Waals surface area (Å²) < 4.78 is 0. The molecular formula is C16H22N2O3. The number of fused-ring (bicyclic) bond motifs is 1. The summed E-state index contributed by atoms with van der Waals surface area (Å²) in [4.78, 5) is 23.5. The lowest BCUT2D eigenvalue weighted by atomic mass is 9.97. The summed E-state index contributed by atoms with van der Waals surface area (Å²) in [6.07, 6.45) is 2.69. The van der Waals surface area contributed by atoms with Gasteiger partial charge < -0.3 is 15.7 Å². The quantitative estimate of drug-likeness (QED) is 0.777. The lowest BCUT2D eigenvalue weighted by Gasteiger charge is -2.21. The van der Waals surface area contributed by atoms with Crippen LogP contribution in [0.4, 0.5) is 5.69 Å². The van der Waals surface area contributed by atoms with Crippen molar-refractivity contribution in [2.75, 3.05) is 11.9 Å². The second-order valence-electron chi connectivity index (χ2n) is 5.58. The van der Waals surface area contributed by atoms with Crippen LogP contribution in [0.15, 0.2) is 18.2 Å². The van der Waals surface area contributed by atoms with Gasteiger partial charge in [-0.1, -0.05) is 20.3 Å². The minimum Gasteiger partial charge on any atom is -0.480 e. The number of amides is 1. The summed E-state index contributed by atoms with van der Waals surface area (Å²) in [5.74, 6) is -1.42. The van der Waals surface area contributed by atoms with Crippen molar-refractivity contribution >= 4 is 17.6 Å². The summed E-state index contributed by atoms with van der Waals surface area (Å²) in [7, 11) is 0. The molecule has 0 bridgehead atoms. The molecule has 114 valence electrons. The zero-order valence-corrected chi connectivity index (χ0v) is 12.5. The lowest BCUT2D eigenvalue weighted by Crippen LogP contribution is -2.45. The predicted octanol–water partition coefficient (Wildman–Crippen LogP) is 2.27. The second kappa shape index (κ2) is 6.61. The number of aryl methyl sites for hydroxylation is 1. The van der Waals surface area contributed by atoms with E-state index in [9.17, 15) is 14.7 Å². The van der Waals surface area contributed by atoms with Gasteiger partial charge in [-0.15, -0.1) is 0 Å². The molecule has 0 aliphatic carbocycles. The number of benzene rings is 1. The lowest BCUT2D eigenvalue weighted by molar-refractivity contribution is -0.140. The van der Waals surface area contributed by atoms with E-state index in [-0.39, 0.29) is 11.8 Å². The maximum atomic E-state index is 12.3. The molecule has 5 nitrogen and oxygen atoms in total. The van der Waals surface area contributed by atoms with Crippen molar-refractivity contribution in [3.63, 3.8) is 0 Å². The van der Waals surface area contributed by atoms with Crippen LogP contribution in [0.5, 0.6) is 0 Å². The van der Waals surface area contributed by atoms with Crippen LogP contribution < -0.4 is 10.6 Å². The van der Waals surface area contributed by atoms with Crippen LogP contribution in [0.2, 0.25) is 0 Å². The Kier molecular flexibility index (Phi) is 4.83. The number of carbonyl (C=O) groups is 2. The monoisotopic (exact) mass is 290 g/mol. The van der Waals surface area contributed by atoms with Gasteiger partial charge in [-0.2, -0.15) is 0 Å². The Hall–Kier alpha value is -2.04. The predicted molar refractivity (Wildman–Crippen MR) is 81.6 cm³/mol. The van der Waals surface area contributed by atoms with Gasteiger partial charge in [0.1, 0.15) is 6.04 Å². The molecule has 0 saturated carbocycles. The molecular weight excluding hydrogens is 268 g/mol. The van der Waals surface area contributed by atoms with Crippen LogP contribution >= 0.6 is 0 Å². The smallest absolute Gasteiger partial charge is 0.326 e. The molecule has 1 amide bonds. The Morgan fingerprint density at radius 3 is 2.86 bits per heavy atom. The van der Waals surface area contributed by atoms with E-state index in [1.165, 1.54) is 0 Å². The summed E-state index contributed by atoms with van der Waals surface area (Å²) in [6, 6.07) is 4.63. The zero-order chi connectivity index (χ0) is 15.4. The van der Waals surface area contributed by atoms with Crippen molar-refractivity contribution in [2.24, 2.45) is 5.92 Å². The Bertz CT molecular complexity index is 542. The van der Waals surface area contributed by atoms with Gasteiger partial charge in [0.25, 0.3) is 5.91 Å². The highest BCUT2D eigenvalue weighted by atomic mass is 16.4. The summed E-state index contributed by atoms with van der Waals surface area (Å²) in [6.45, 7) is 4.70. The highest BCUT2D eigenvalue weighted by molar-refractivity contribution is 5.97. The number of carboxylic acids is 1. The average Bonchev–Trinajstić information content (AvgIpc) is 2.50. The van der Waals surface area contributed by atoms with Crippen molar-refractivity contribution in [3.8, 4) is 0 Å². The molecule has 1 aromatic carbocycles. The fourth-order valence-corrected chi connectivity index (χ4v) is 2.52. The van der Waals surface area contributed by atoms with Gasteiger partial charge in [0, 0.05) is 17.8 Å². The van der Waals surface area contributed by atoms with Crippen molar-refractivity contribution in [2.45, 2.75) is 39.2 Å². The van der Waals surface area contributed by atoms with Gasteiger partial charge in [-0.3, -0.25) is 4.79 Å². The highest BCUT2D eigenvalue weighted by Crippen LogP contribution is 2.23. The van der Waals surface area contributed by atoms with Gasteiger partial charge in [-0.05, 0) is 42.5 Å². The van der Waals surface area contributed by atoms with Crippen molar-refractivity contribution < 1.29 is 14.7 Å². The third-order valence-corrected chi connectivity index (χ3v) is 4.07. The number of hydrogen-bond donors (Lipinski definition) is 3. The Balaban J connectivity index is 2.14. The normalized spacial score (nSPS) is 16.3. The molecule has 0 fully saturated rings. The van der Waals surface area contributed by atoms with Crippen molar-refractivity contribution in [3.05, 3.63) is 29.3 Å². The molecule has 2 atom stereocenters. The van der Waals surface area contributed by atoms with E-state index in [4.69, 9.17) is 0 Å². The average molecular weight is 290 g/mol. The first-order chi connectivity index (χ1) is 10.0. The van der Waals surface area contributed by atoms with E-state index < -0.39 is 12.0 Å². The van der Waals surface area contributed by atoms with E-state index >= 15 is 0 Å². The van der Waals surface area contributed by atoms with Gasteiger partial charge in [0.2, 0.25) is 0 Å². The number of rotatable bonds is 5. The van der Waals surface area contributed by atoms with Gasteiger partial charge in [-0.25, -0.2) is 4.79 Å². The Labute approximate surface area is 124 Å². The standard InChI is InChI=1S/C16H22N2O3/c1-3-10(2)14(16(20)21)18-15(19)12-6-7-13-11(9-12)5-4-8-17-13/h6-7,9-10,14,17H,3-5,8H2,1-2H3,(H,18,19)(H,20,21)/t10?,14-/m0/s1. The van der Waals surface area contributed by atoms with Crippen LogP contribution in [0, 0.1) is 5.92 Å². The maximum Gasteiger partial charge on any atom is 0.326 e. The van der Waals surface area contributed by atoms with E-state index in [1.807, 2.05) is 26.0 Å². The first-order valence-corrected chi connectivity index (χ1v) is 7.43. The van der Waals surface area contributed by atoms with Crippen LogP contribution in [-0.2, 0) is 11.2 Å². The van der Waals surface area contributed by atoms with Gasteiger partial charge in [0.05, 0.1) is 0 Å². The topological polar surface area (TPSA) is 78.4 Å². The number of anilines is 1. The van der Waals surface area contributed by atoms with Gasteiger partial charge >= 0.3 is 5.97 Å². The molecule has 3 N–H and O–H groups in total. The molecule has 1 aliphatic heterocycles. The molecule has 1 heterocycles. The first-order valence-electron chi connectivity index (χ1n) is 7.43. The fraction of sp³-hybridized carbons (Fsp3) is 0.500. The summed E-state index contributed by atoms with van der Waals surface area (Å²) >= 11 is 0. The molecule has 0 spiro atoms. The van der Waals surface area contributed by atoms with E-state index in [0.717, 1.165) is 30.6 Å². The third kappa shape index (κ3) is 3.54. The largest absolute Gasteiger partial charge is 0.480 e. The third-order valence-electron chi connectivity index (χ3n) is 4.07. The molecule has 2 rings (SSSR count). The van der Waals surface area contributed by atoms with Crippen LogP contribution in [0.25, 0.3) is 0 Å².